The summed E-state index contributed by atoms with van der Waals surface area (Å²) in [5.41, 5.74) is 0.600. The molecule has 0 bridgehead atoms. The zero-order valence-corrected chi connectivity index (χ0v) is 14.3. The predicted octanol–water partition coefficient (Wildman–Crippen LogP) is 3.26. The summed E-state index contributed by atoms with van der Waals surface area (Å²) in [4.78, 5) is 12.3. The zero-order valence-electron chi connectivity index (χ0n) is 14.3. The van der Waals surface area contributed by atoms with Crippen LogP contribution in [0.4, 0.5) is 0 Å². The van der Waals surface area contributed by atoms with E-state index in [1.165, 1.54) is 49.7 Å². The average Bonchev–Trinajstić information content (AvgIpc) is 2.59. The summed E-state index contributed by atoms with van der Waals surface area (Å²) in [5.74, 6) is 1.04. The molecule has 2 saturated heterocycles. The number of carbonyl (C=O) groups excluding carboxylic acids is 1. The molecular weight excluding hydrogens is 290 g/mol. The van der Waals surface area contributed by atoms with Crippen LogP contribution in [0.2, 0.25) is 0 Å². The first-order chi connectivity index (χ1) is 11.1. The normalized spacial score (nSPS) is 30.3. The van der Waals surface area contributed by atoms with E-state index in [1.807, 2.05) is 0 Å². The number of hydrogen-bond acceptors (Lipinski definition) is 3. The second-order valence-corrected chi connectivity index (χ2v) is 7.22. The van der Waals surface area contributed by atoms with Gasteiger partial charge in [0, 0.05) is 12.3 Å². The molecule has 0 radical (unpaired) electrons. The summed E-state index contributed by atoms with van der Waals surface area (Å²) in [6.07, 6.45) is 6.38. The molecule has 0 amide bonds. The van der Waals surface area contributed by atoms with Crippen molar-refractivity contribution in [2.24, 2.45) is 5.92 Å². The van der Waals surface area contributed by atoms with Gasteiger partial charge in [0.05, 0.1) is 38.9 Å². The van der Waals surface area contributed by atoms with Crippen LogP contribution >= 0.6 is 0 Å². The Labute approximate surface area is 139 Å². The number of nitrogens with zero attached hydrogens (tertiary/aromatic N) is 1. The number of quaternary nitrogens is 1. The topological polar surface area (TPSA) is 35.5 Å². The first-order valence-corrected chi connectivity index (χ1v) is 8.78. The van der Waals surface area contributed by atoms with E-state index in [0.717, 1.165) is 5.75 Å². The fourth-order valence-electron chi connectivity index (χ4n) is 4.42. The summed E-state index contributed by atoms with van der Waals surface area (Å²) in [5, 5.41) is 0. The fraction of sp³-hybridized carbons (Fsp3) is 0.632. The molecule has 3 atom stereocenters. The van der Waals surface area contributed by atoms with Crippen molar-refractivity contribution in [2.45, 2.75) is 38.1 Å². The lowest BCUT2D eigenvalue weighted by atomic mass is 9.82. The Morgan fingerprint density at radius 1 is 1.13 bits per heavy atom. The molecule has 0 unspecified atom stereocenters. The lowest BCUT2D eigenvalue weighted by Gasteiger charge is -2.51. The molecule has 0 spiro atoms. The SMILES string of the molecule is COc1ccc(C(=O)OC[C@@H]2CCC[N@+]3(C)CCCC[C@@H]23)cc1. The van der Waals surface area contributed by atoms with Gasteiger partial charge in [-0.2, -0.15) is 0 Å². The largest absolute Gasteiger partial charge is 0.497 e. The molecule has 0 aromatic heterocycles. The highest BCUT2D eigenvalue weighted by molar-refractivity contribution is 5.89. The van der Waals surface area contributed by atoms with Crippen LogP contribution in [0.15, 0.2) is 24.3 Å². The number of fused-ring (bicyclic) bond motifs is 1. The molecule has 0 saturated carbocycles. The number of hydrogen-bond donors (Lipinski definition) is 0. The van der Waals surface area contributed by atoms with E-state index in [-0.39, 0.29) is 5.97 Å². The number of carbonyl (C=O) groups is 1. The van der Waals surface area contributed by atoms with Gasteiger partial charge in [-0.3, -0.25) is 0 Å². The van der Waals surface area contributed by atoms with Crippen molar-refractivity contribution in [1.29, 1.82) is 0 Å². The Morgan fingerprint density at radius 2 is 1.87 bits per heavy atom. The molecule has 2 fully saturated rings. The van der Waals surface area contributed by atoms with Gasteiger partial charge >= 0.3 is 5.97 Å². The highest BCUT2D eigenvalue weighted by Gasteiger charge is 2.43. The Balaban J connectivity index is 1.59. The van der Waals surface area contributed by atoms with Gasteiger partial charge < -0.3 is 14.0 Å². The second-order valence-electron chi connectivity index (χ2n) is 7.22. The van der Waals surface area contributed by atoms with Crippen molar-refractivity contribution in [1.82, 2.24) is 0 Å². The number of ether oxygens (including phenoxy) is 2. The van der Waals surface area contributed by atoms with E-state index in [1.54, 1.807) is 31.4 Å². The van der Waals surface area contributed by atoms with Gasteiger partial charge in [0.1, 0.15) is 12.4 Å². The van der Waals surface area contributed by atoms with Crippen molar-refractivity contribution in [2.75, 3.05) is 33.9 Å². The molecule has 0 N–H and O–H groups in total. The van der Waals surface area contributed by atoms with Crippen LogP contribution in [-0.2, 0) is 4.74 Å². The minimum atomic E-state index is -0.219. The van der Waals surface area contributed by atoms with E-state index < -0.39 is 0 Å². The van der Waals surface area contributed by atoms with Crippen molar-refractivity contribution < 1.29 is 18.8 Å². The van der Waals surface area contributed by atoms with E-state index in [2.05, 4.69) is 7.05 Å². The summed E-state index contributed by atoms with van der Waals surface area (Å²) < 4.78 is 12.0. The van der Waals surface area contributed by atoms with E-state index in [0.29, 0.717) is 24.1 Å². The highest BCUT2D eigenvalue weighted by Crippen LogP contribution is 2.36. The van der Waals surface area contributed by atoms with E-state index in [4.69, 9.17) is 9.47 Å². The highest BCUT2D eigenvalue weighted by atomic mass is 16.5. The third-order valence-corrected chi connectivity index (χ3v) is 5.76. The molecule has 1 aromatic rings. The van der Waals surface area contributed by atoms with Crippen LogP contribution < -0.4 is 4.74 Å². The molecule has 4 heteroatoms. The number of piperidine rings is 2. The monoisotopic (exact) mass is 318 g/mol. The maximum absolute atomic E-state index is 12.3. The van der Waals surface area contributed by atoms with E-state index in [9.17, 15) is 4.79 Å². The van der Waals surface area contributed by atoms with Crippen molar-refractivity contribution in [3.63, 3.8) is 0 Å². The molecule has 2 heterocycles. The number of esters is 1. The molecule has 23 heavy (non-hydrogen) atoms. The minimum Gasteiger partial charge on any atom is -0.497 e. The summed E-state index contributed by atoms with van der Waals surface area (Å²) >= 11 is 0. The molecule has 1 aromatic carbocycles. The van der Waals surface area contributed by atoms with Crippen LogP contribution in [0.5, 0.6) is 5.75 Å². The van der Waals surface area contributed by atoms with Crippen molar-refractivity contribution >= 4 is 5.97 Å². The first-order valence-electron chi connectivity index (χ1n) is 8.78. The van der Waals surface area contributed by atoms with Crippen molar-refractivity contribution in [3.8, 4) is 5.75 Å². The number of methoxy groups -OCH3 is 1. The van der Waals surface area contributed by atoms with Crippen molar-refractivity contribution in [3.05, 3.63) is 29.8 Å². The second kappa shape index (κ2) is 6.91. The van der Waals surface area contributed by atoms with Gasteiger partial charge in [0.25, 0.3) is 0 Å². The third kappa shape index (κ3) is 3.52. The molecule has 126 valence electrons. The molecule has 4 nitrogen and oxygen atoms in total. The molecule has 2 aliphatic heterocycles. The van der Waals surface area contributed by atoms with Gasteiger partial charge in [-0.05, 0) is 49.9 Å². The molecule has 3 rings (SSSR count). The van der Waals surface area contributed by atoms with Gasteiger partial charge in [0.15, 0.2) is 0 Å². The minimum absolute atomic E-state index is 0.219. The zero-order chi connectivity index (χ0) is 16.3. The molecular formula is C19H28NO3+. The number of benzene rings is 1. The van der Waals surface area contributed by atoms with Crippen LogP contribution in [0.25, 0.3) is 0 Å². The average molecular weight is 318 g/mol. The standard InChI is InChI=1S/C19H28NO3/c1-20-12-4-3-7-18(20)16(6-5-13-20)14-23-19(21)15-8-10-17(22-2)11-9-15/h8-11,16,18H,3-7,12-14H2,1-2H3/q+1/t16-,18-,20-/m0/s1. The van der Waals surface area contributed by atoms with Gasteiger partial charge in [-0.15, -0.1) is 0 Å². The fourth-order valence-corrected chi connectivity index (χ4v) is 4.42. The quantitative estimate of drug-likeness (QED) is 0.631. The summed E-state index contributed by atoms with van der Waals surface area (Å²) in [7, 11) is 4.01. The Morgan fingerprint density at radius 3 is 2.61 bits per heavy atom. The molecule has 0 aliphatic carbocycles. The van der Waals surface area contributed by atoms with Crippen LogP contribution in [-0.4, -0.2) is 50.3 Å². The Bertz CT molecular complexity index is 538. The summed E-state index contributed by atoms with van der Waals surface area (Å²) in [6.45, 7) is 3.13. The van der Waals surface area contributed by atoms with E-state index >= 15 is 0 Å². The number of rotatable bonds is 4. The van der Waals surface area contributed by atoms with Crippen LogP contribution in [0, 0.1) is 5.92 Å². The summed E-state index contributed by atoms with van der Waals surface area (Å²) in [6, 6.07) is 7.80. The predicted molar refractivity (Wildman–Crippen MR) is 89.6 cm³/mol. The lowest BCUT2D eigenvalue weighted by Crippen LogP contribution is -2.61. The van der Waals surface area contributed by atoms with Gasteiger partial charge in [-0.1, -0.05) is 0 Å². The Kier molecular flexibility index (Phi) is 4.90. The maximum atomic E-state index is 12.3. The lowest BCUT2D eigenvalue weighted by molar-refractivity contribution is -0.947. The Hall–Kier alpha value is -1.55. The third-order valence-electron chi connectivity index (χ3n) is 5.76. The molecule has 2 aliphatic rings. The van der Waals surface area contributed by atoms with Crippen LogP contribution in [0.1, 0.15) is 42.5 Å². The smallest absolute Gasteiger partial charge is 0.338 e. The maximum Gasteiger partial charge on any atom is 0.338 e. The first kappa shape index (κ1) is 16.3. The van der Waals surface area contributed by atoms with Crippen LogP contribution in [0.3, 0.4) is 0 Å². The van der Waals surface area contributed by atoms with Gasteiger partial charge in [0.2, 0.25) is 0 Å². The van der Waals surface area contributed by atoms with Gasteiger partial charge in [-0.25, -0.2) is 4.79 Å².